The van der Waals surface area contributed by atoms with Gasteiger partial charge in [0.15, 0.2) is 5.57 Å². The van der Waals surface area contributed by atoms with Crippen molar-refractivity contribution >= 4 is 5.69 Å². The monoisotopic (exact) mass is 265 g/mol. The Bertz CT molecular complexity index is 590. The normalized spacial score (nSPS) is 9.20. The first-order valence-electron chi connectivity index (χ1n) is 6.14. The van der Waals surface area contributed by atoms with Gasteiger partial charge in [-0.3, -0.25) is 0 Å². The van der Waals surface area contributed by atoms with Gasteiger partial charge in [-0.15, -0.1) is 0 Å². The third kappa shape index (κ3) is 4.46. The minimum absolute atomic E-state index is 0.0388. The van der Waals surface area contributed by atoms with Crippen LogP contribution in [0, 0.1) is 34.0 Å². The maximum atomic E-state index is 8.94. The molecule has 0 aliphatic rings. The molecule has 0 saturated heterocycles. The lowest BCUT2D eigenvalue weighted by Crippen LogP contribution is -2.21. The highest BCUT2D eigenvalue weighted by Crippen LogP contribution is 2.13. The van der Waals surface area contributed by atoms with Gasteiger partial charge in [-0.1, -0.05) is 26.0 Å². The van der Waals surface area contributed by atoms with Crippen molar-refractivity contribution in [2.24, 2.45) is 0 Å². The summed E-state index contributed by atoms with van der Waals surface area (Å²) in [5.74, 6) is 0. The zero-order valence-corrected chi connectivity index (χ0v) is 11.4. The van der Waals surface area contributed by atoms with Crippen LogP contribution in [0.2, 0.25) is 0 Å². The molecule has 0 bridgehead atoms. The number of nitrogens with zero attached hydrogens (tertiary/aromatic N) is 3. The molecule has 0 amide bonds. The number of hydrogen-bond donors (Lipinski definition) is 2. The van der Waals surface area contributed by atoms with Crippen LogP contribution in [-0.4, -0.2) is 6.04 Å². The van der Waals surface area contributed by atoms with Crippen molar-refractivity contribution in [3.8, 4) is 18.2 Å². The molecule has 0 aliphatic heterocycles. The molecule has 20 heavy (non-hydrogen) atoms. The van der Waals surface area contributed by atoms with E-state index >= 15 is 0 Å². The number of benzene rings is 1. The van der Waals surface area contributed by atoms with Gasteiger partial charge in [-0.05, 0) is 17.7 Å². The third-order valence-electron chi connectivity index (χ3n) is 2.52. The van der Waals surface area contributed by atoms with Gasteiger partial charge >= 0.3 is 0 Å². The van der Waals surface area contributed by atoms with Crippen molar-refractivity contribution in [1.29, 1.82) is 15.8 Å². The quantitative estimate of drug-likeness (QED) is 0.797. The molecule has 0 atom stereocenters. The lowest BCUT2D eigenvalue weighted by atomic mass is 10.2. The summed E-state index contributed by atoms with van der Waals surface area (Å²) < 4.78 is 0. The predicted octanol–water partition coefficient (Wildman–Crippen LogP) is 2.42. The Morgan fingerprint density at radius 2 is 1.65 bits per heavy atom. The van der Waals surface area contributed by atoms with E-state index in [0.29, 0.717) is 11.7 Å². The Morgan fingerprint density at radius 3 is 2.10 bits per heavy atom. The Hall–Kier alpha value is -2.81. The van der Waals surface area contributed by atoms with Gasteiger partial charge < -0.3 is 10.6 Å². The van der Waals surface area contributed by atoms with E-state index in [1.807, 2.05) is 18.2 Å². The lowest BCUT2D eigenvalue weighted by molar-refractivity contribution is 0.589. The zero-order chi connectivity index (χ0) is 15.0. The van der Waals surface area contributed by atoms with Gasteiger partial charge in [0.1, 0.15) is 23.9 Å². The fourth-order valence-electron chi connectivity index (χ4n) is 1.46. The van der Waals surface area contributed by atoms with Crippen LogP contribution in [0.4, 0.5) is 5.69 Å². The molecule has 0 aromatic heterocycles. The maximum absolute atomic E-state index is 8.94. The first kappa shape index (κ1) is 15.2. The number of allylic oxidation sites excluding steroid dienone is 2. The van der Waals surface area contributed by atoms with Crippen LogP contribution < -0.4 is 10.6 Å². The molecule has 100 valence electrons. The summed E-state index contributed by atoms with van der Waals surface area (Å²) in [4.78, 5) is 0. The topological polar surface area (TPSA) is 95.4 Å². The molecular formula is C15H15N5. The van der Waals surface area contributed by atoms with Crippen molar-refractivity contribution < 1.29 is 0 Å². The molecule has 0 spiro atoms. The summed E-state index contributed by atoms with van der Waals surface area (Å²) in [5, 5.41) is 32.5. The molecule has 0 fully saturated rings. The third-order valence-corrected chi connectivity index (χ3v) is 2.52. The molecule has 0 saturated carbocycles. The van der Waals surface area contributed by atoms with Gasteiger partial charge in [0.2, 0.25) is 0 Å². The van der Waals surface area contributed by atoms with Crippen molar-refractivity contribution in [2.75, 3.05) is 5.32 Å². The molecule has 5 nitrogen and oxygen atoms in total. The van der Waals surface area contributed by atoms with E-state index in [1.165, 1.54) is 0 Å². The fourth-order valence-corrected chi connectivity index (χ4v) is 1.46. The second-order valence-electron chi connectivity index (χ2n) is 4.44. The number of nitrogens with one attached hydrogen (secondary N) is 2. The summed E-state index contributed by atoms with van der Waals surface area (Å²) in [6.07, 6.45) is 0. The average molecular weight is 265 g/mol. The second-order valence-corrected chi connectivity index (χ2v) is 4.44. The van der Waals surface area contributed by atoms with Crippen molar-refractivity contribution in [3.63, 3.8) is 0 Å². The van der Waals surface area contributed by atoms with Crippen LogP contribution in [0.1, 0.15) is 19.4 Å². The highest BCUT2D eigenvalue weighted by molar-refractivity contribution is 5.58. The van der Waals surface area contributed by atoms with Gasteiger partial charge in [0.25, 0.3) is 0 Å². The molecule has 1 aromatic rings. The highest BCUT2D eigenvalue weighted by Gasteiger charge is 2.05. The Morgan fingerprint density at radius 1 is 1.05 bits per heavy atom. The summed E-state index contributed by atoms with van der Waals surface area (Å²) in [6, 6.07) is 13.1. The molecule has 0 heterocycles. The molecule has 5 heteroatoms. The van der Waals surface area contributed by atoms with Gasteiger partial charge in [-0.25, -0.2) is 0 Å². The molecular weight excluding hydrogens is 250 g/mol. The van der Waals surface area contributed by atoms with Gasteiger partial charge in [0.05, 0.1) is 0 Å². The van der Waals surface area contributed by atoms with E-state index in [4.69, 9.17) is 15.8 Å². The number of anilines is 1. The molecule has 0 radical (unpaired) electrons. The van der Waals surface area contributed by atoms with E-state index in [0.717, 1.165) is 12.1 Å². The predicted molar refractivity (Wildman–Crippen MR) is 75.9 cm³/mol. The number of rotatable bonds is 5. The highest BCUT2D eigenvalue weighted by atomic mass is 14.9. The van der Waals surface area contributed by atoms with E-state index in [2.05, 4.69) is 24.5 Å². The molecule has 2 N–H and O–H groups in total. The number of hydrogen-bond acceptors (Lipinski definition) is 5. The van der Waals surface area contributed by atoms with E-state index in [9.17, 15) is 0 Å². The minimum atomic E-state index is -0.224. The van der Waals surface area contributed by atoms with Crippen molar-refractivity contribution in [2.45, 2.75) is 26.4 Å². The Labute approximate surface area is 118 Å². The van der Waals surface area contributed by atoms with E-state index in [1.54, 1.807) is 24.3 Å². The lowest BCUT2D eigenvalue weighted by Gasteiger charge is -2.09. The molecule has 0 unspecified atom stereocenters. The summed E-state index contributed by atoms with van der Waals surface area (Å²) in [6.45, 7) is 4.91. The van der Waals surface area contributed by atoms with Gasteiger partial charge in [-0.2, -0.15) is 15.8 Å². The van der Waals surface area contributed by atoms with Crippen LogP contribution >= 0.6 is 0 Å². The molecule has 1 rings (SSSR count). The van der Waals surface area contributed by atoms with Crippen molar-refractivity contribution in [3.05, 3.63) is 41.1 Å². The zero-order valence-electron chi connectivity index (χ0n) is 11.4. The minimum Gasteiger partial charge on any atom is -0.345 e. The second kappa shape index (κ2) is 7.59. The number of nitriles is 3. The van der Waals surface area contributed by atoms with Crippen LogP contribution in [-0.2, 0) is 6.54 Å². The SMILES string of the molecule is CC(C)NCc1ccc(NC(C#N)=C(C#N)C#N)cc1. The van der Waals surface area contributed by atoms with Crippen LogP contribution in [0.25, 0.3) is 0 Å². The summed E-state index contributed by atoms with van der Waals surface area (Å²) in [7, 11) is 0. The first-order valence-corrected chi connectivity index (χ1v) is 6.14. The maximum Gasteiger partial charge on any atom is 0.163 e. The molecule has 0 aliphatic carbocycles. The standard InChI is InChI=1S/C15H15N5/c1-11(2)19-10-12-3-5-14(6-4-12)20-15(9-18)13(7-16)8-17/h3-6,11,19-20H,10H2,1-2H3. The van der Waals surface area contributed by atoms with Crippen LogP contribution in [0.3, 0.4) is 0 Å². The Kier molecular flexibility index (Phi) is 5.78. The van der Waals surface area contributed by atoms with Gasteiger partial charge in [0, 0.05) is 18.3 Å². The first-order chi connectivity index (χ1) is 9.60. The average Bonchev–Trinajstić information content (AvgIpc) is 2.46. The molecule has 1 aromatic carbocycles. The summed E-state index contributed by atoms with van der Waals surface area (Å²) >= 11 is 0. The van der Waals surface area contributed by atoms with Crippen LogP contribution in [0.15, 0.2) is 35.5 Å². The Balaban J connectivity index is 2.81. The largest absolute Gasteiger partial charge is 0.345 e. The summed E-state index contributed by atoms with van der Waals surface area (Å²) in [5.41, 5.74) is 1.52. The fraction of sp³-hybridized carbons (Fsp3) is 0.267. The van der Waals surface area contributed by atoms with Crippen molar-refractivity contribution in [1.82, 2.24) is 5.32 Å². The van der Waals surface area contributed by atoms with Crippen LogP contribution in [0.5, 0.6) is 0 Å². The van der Waals surface area contributed by atoms with E-state index < -0.39 is 0 Å². The van der Waals surface area contributed by atoms with E-state index in [-0.39, 0.29) is 11.3 Å². The smallest absolute Gasteiger partial charge is 0.163 e.